The topological polar surface area (TPSA) is 64.6 Å². The lowest BCUT2D eigenvalue weighted by molar-refractivity contribution is -0.144. The summed E-state index contributed by atoms with van der Waals surface area (Å²) in [5, 5.41) is 2.60. The van der Waals surface area contributed by atoms with Crippen molar-refractivity contribution in [3.63, 3.8) is 0 Å². The van der Waals surface area contributed by atoms with Crippen molar-refractivity contribution < 1.29 is 23.5 Å². The van der Waals surface area contributed by atoms with Crippen molar-refractivity contribution in [1.29, 1.82) is 0 Å². The number of carbonyl (C=O) groups excluding carboxylic acids is 2. The van der Waals surface area contributed by atoms with Gasteiger partial charge in [0.2, 0.25) is 0 Å². The fourth-order valence-corrected chi connectivity index (χ4v) is 2.31. The second kappa shape index (κ2) is 9.16. The summed E-state index contributed by atoms with van der Waals surface area (Å²) in [5.41, 5.74) is 1.15. The predicted octanol–water partition coefficient (Wildman–Crippen LogP) is 4.14. The summed E-state index contributed by atoms with van der Waals surface area (Å²) in [6.45, 7) is 5.61. The maximum atomic E-state index is 14.0. The molecule has 6 heteroatoms. The zero-order chi connectivity index (χ0) is 19.9. The number of amides is 1. The van der Waals surface area contributed by atoms with Gasteiger partial charge in [0.1, 0.15) is 18.0 Å². The van der Waals surface area contributed by atoms with Crippen molar-refractivity contribution in [1.82, 2.24) is 5.32 Å². The Hall–Kier alpha value is -2.89. The zero-order valence-electron chi connectivity index (χ0n) is 15.8. The summed E-state index contributed by atoms with van der Waals surface area (Å²) in [6, 6.07) is 13.6. The highest BCUT2D eigenvalue weighted by Crippen LogP contribution is 2.13. The molecule has 0 atom stereocenters. The molecule has 2 aromatic rings. The van der Waals surface area contributed by atoms with E-state index in [1.807, 2.05) is 30.3 Å². The summed E-state index contributed by atoms with van der Waals surface area (Å²) in [7, 11) is 0. The van der Waals surface area contributed by atoms with Crippen LogP contribution in [-0.4, -0.2) is 17.7 Å². The first-order valence-corrected chi connectivity index (χ1v) is 8.66. The highest BCUT2D eigenvalue weighted by atomic mass is 19.1. The molecule has 0 saturated carbocycles. The number of carbonyl (C=O) groups is 2. The van der Waals surface area contributed by atoms with Gasteiger partial charge in [-0.3, -0.25) is 4.79 Å². The molecule has 0 radical (unpaired) electrons. The molecule has 2 aromatic carbocycles. The molecule has 0 heterocycles. The predicted molar refractivity (Wildman–Crippen MR) is 99.4 cm³/mol. The fourth-order valence-electron chi connectivity index (χ4n) is 2.31. The molecule has 27 heavy (non-hydrogen) atoms. The van der Waals surface area contributed by atoms with Crippen LogP contribution in [-0.2, 0) is 33.8 Å². The molecule has 5 nitrogen and oxygen atoms in total. The number of hydrogen-bond donors (Lipinski definition) is 1. The van der Waals surface area contributed by atoms with Gasteiger partial charge < -0.3 is 14.8 Å². The van der Waals surface area contributed by atoms with E-state index in [0.29, 0.717) is 5.56 Å². The molecule has 0 aliphatic carbocycles. The Morgan fingerprint density at radius 1 is 1.04 bits per heavy atom. The Morgan fingerprint density at radius 2 is 1.74 bits per heavy atom. The van der Waals surface area contributed by atoms with Gasteiger partial charge in [-0.05, 0) is 43.5 Å². The molecular weight excluding hydrogens is 349 g/mol. The molecule has 0 spiro atoms. The van der Waals surface area contributed by atoms with Gasteiger partial charge >= 0.3 is 12.1 Å². The lowest BCUT2D eigenvalue weighted by Gasteiger charge is -2.19. The van der Waals surface area contributed by atoms with Crippen LogP contribution in [0.5, 0.6) is 0 Å². The van der Waals surface area contributed by atoms with E-state index in [9.17, 15) is 14.0 Å². The van der Waals surface area contributed by atoms with E-state index in [-0.39, 0.29) is 25.1 Å². The van der Waals surface area contributed by atoms with Gasteiger partial charge in [-0.15, -0.1) is 0 Å². The third-order valence-corrected chi connectivity index (χ3v) is 3.52. The minimum Gasteiger partial charge on any atom is -0.461 e. The van der Waals surface area contributed by atoms with Crippen molar-refractivity contribution in [3.05, 3.63) is 71.0 Å². The van der Waals surface area contributed by atoms with Crippen LogP contribution < -0.4 is 5.32 Å². The molecule has 2 rings (SSSR count). The number of nitrogens with one attached hydrogen (secondary N) is 1. The Bertz CT molecular complexity index is 785. The molecule has 0 aromatic heterocycles. The minimum atomic E-state index is -0.597. The van der Waals surface area contributed by atoms with Crippen LogP contribution >= 0.6 is 0 Å². The number of halogens is 1. The first-order valence-electron chi connectivity index (χ1n) is 8.66. The third kappa shape index (κ3) is 7.48. The van der Waals surface area contributed by atoms with E-state index < -0.39 is 23.5 Å². The Balaban J connectivity index is 1.90. The minimum absolute atomic E-state index is 0.140. The molecule has 0 aliphatic heterocycles. The second-order valence-corrected chi connectivity index (χ2v) is 7.10. The summed E-state index contributed by atoms with van der Waals surface area (Å²) in [4.78, 5) is 23.7. The molecular formula is C21H24FNO4. The van der Waals surface area contributed by atoms with Crippen molar-refractivity contribution in [3.8, 4) is 0 Å². The van der Waals surface area contributed by atoms with E-state index in [1.54, 1.807) is 26.8 Å². The normalized spacial score (nSPS) is 11.0. The van der Waals surface area contributed by atoms with Gasteiger partial charge in [0.25, 0.3) is 0 Å². The van der Waals surface area contributed by atoms with E-state index >= 15 is 0 Å². The average molecular weight is 373 g/mol. The number of ether oxygens (including phenoxy) is 2. The second-order valence-electron chi connectivity index (χ2n) is 7.10. The third-order valence-electron chi connectivity index (χ3n) is 3.52. The monoisotopic (exact) mass is 373 g/mol. The first kappa shape index (κ1) is 20.4. The van der Waals surface area contributed by atoms with Gasteiger partial charge in [-0.25, -0.2) is 9.18 Å². The molecule has 0 saturated heterocycles. The van der Waals surface area contributed by atoms with E-state index in [4.69, 9.17) is 9.47 Å². The highest BCUT2D eigenvalue weighted by Gasteiger charge is 2.16. The quantitative estimate of drug-likeness (QED) is 0.773. The van der Waals surface area contributed by atoms with Crippen LogP contribution in [0.25, 0.3) is 0 Å². The van der Waals surface area contributed by atoms with Gasteiger partial charge in [0, 0.05) is 6.54 Å². The van der Waals surface area contributed by atoms with Crippen molar-refractivity contribution in [2.45, 2.75) is 45.9 Å². The summed E-state index contributed by atoms with van der Waals surface area (Å²) >= 11 is 0. The van der Waals surface area contributed by atoms with Crippen LogP contribution in [0, 0.1) is 5.82 Å². The number of rotatable bonds is 6. The smallest absolute Gasteiger partial charge is 0.407 e. The summed E-state index contributed by atoms with van der Waals surface area (Å²) in [6.07, 6.45) is -0.741. The molecule has 0 unspecified atom stereocenters. The first-order chi connectivity index (χ1) is 12.7. The maximum absolute atomic E-state index is 14.0. The SMILES string of the molecule is CC(C)(C)OC(=O)NCc1ccc(F)c(CC(=O)OCc2ccccc2)c1. The number of esters is 1. The maximum Gasteiger partial charge on any atom is 0.407 e. The fraction of sp³-hybridized carbons (Fsp3) is 0.333. The van der Waals surface area contributed by atoms with Crippen LogP contribution in [0.4, 0.5) is 9.18 Å². The lowest BCUT2D eigenvalue weighted by atomic mass is 10.1. The number of alkyl carbamates (subject to hydrolysis) is 1. The van der Waals surface area contributed by atoms with Crippen LogP contribution in [0.3, 0.4) is 0 Å². The standard InChI is InChI=1S/C21H24FNO4/c1-21(2,3)27-20(25)23-13-16-9-10-18(22)17(11-16)12-19(24)26-14-15-7-5-4-6-8-15/h4-11H,12-14H2,1-3H3,(H,23,25). The van der Waals surface area contributed by atoms with Crippen LogP contribution in [0.15, 0.2) is 48.5 Å². The lowest BCUT2D eigenvalue weighted by Crippen LogP contribution is -2.32. The van der Waals surface area contributed by atoms with Gasteiger partial charge in [-0.1, -0.05) is 42.5 Å². The van der Waals surface area contributed by atoms with Gasteiger partial charge in [0.15, 0.2) is 0 Å². The summed E-state index contributed by atoms with van der Waals surface area (Å²) < 4.78 is 24.3. The van der Waals surface area contributed by atoms with E-state index in [2.05, 4.69) is 5.32 Å². The Morgan fingerprint density at radius 3 is 2.41 bits per heavy atom. The number of hydrogen-bond acceptors (Lipinski definition) is 4. The Kier molecular flexibility index (Phi) is 6.93. The van der Waals surface area contributed by atoms with E-state index in [0.717, 1.165) is 5.56 Å². The number of benzene rings is 2. The Labute approximate surface area is 158 Å². The average Bonchev–Trinajstić information content (AvgIpc) is 2.60. The highest BCUT2D eigenvalue weighted by molar-refractivity contribution is 5.72. The van der Waals surface area contributed by atoms with E-state index in [1.165, 1.54) is 12.1 Å². The van der Waals surface area contributed by atoms with Gasteiger partial charge in [0.05, 0.1) is 6.42 Å². The van der Waals surface area contributed by atoms with Crippen molar-refractivity contribution >= 4 is 12.1 Å². The molecule has 0 fully saturated rings. The van der Waals surface area contributed by atoms with Gasteiger partial charge in [-0.2, -0.15) is 0 Å². The largest absolute Gasteiger partial charge is 0.461 e. The molecule has 0 aliphatic rings. The van der Waals surface area contributed by atoms with Crippen molar-refractivity contribution in [2.75, 3.05) is 0 Å². The molecule has 1 N–H and O–H groups in total. The van der Waals surface area contributed by atoms with Crippen LogP contribution in [0.1, 0.15) is 37.5 Å². The molecule has 144 valence electrons. The molecule has 1 amide bonds. The zero-order valence-corrected chi connectivity index (χ0v) is 15.8. The molecule has 0 bridgehead atoms. The summed E-state index contributed by atoms with van der Waals surface area (Å²) in [5.74, 6) is -1.01. The van der Waals surface area contributed by atoms with Crippen LogP contribution in [0.2, 0.25) is 0 Å². The van der Waals surface area contributed by atoms with Crippen molar-refractivity contribution in [2.24, 2.45) is 0 Å².